The number of carbonyl (C=O) groups is 2. The van der Waals surface area contributed by atoms with Crippen molar-refractivity contribution in [1.29, 1.82) is 0 Å². The molecule has 0 bridgehead atoms. The standard InChI is InChI=1S/C22H29N5O6/c1-22(2,3)33-21(29)25-7-5-24(6-8-25)15-10-16(11-15)26-13-14-9-19(27(30)31)17(20(28)32-4)12-18(14)23-26/h9,12-13,15-16H,5-8,10-11H2,1-4H3. The lowest BCUT2D eigenvalue weighted by molar-refractivity contribution is -0.385. The minimum Gasteiger partial charge on any atom is -0.465 e. The van der Waals surface area contributed by atoms with Crippen molar-refractivity contribution in [1.82, 2.24) is 19.6 Å². The Hall–Kier alpha value is -3.21. The van der Waals surface area contributed by atoms with Crippen LogP contribution in [0.15, 0.2) is 18.3 Å². The average Bonchev–Trinajstić information content (AvgIpc) is 3.12. The number of nitro groups is 1. The van der Waals surface area contributed by atoms with Gasteiger partial charge in [-0.15, -0.1) is 0 Å². The van der Waals surface area contributed by atoms with Gasteiger partial charge in [0.25, 0.3) is 5.69 Å². The van der Waals surface area contributed by atoms with Crippen LogP contribution in [0.1, 0.15) is 50.0 Å². The minimum atomic E-state index is -0.757. The predicted molar refractivity (Wildman–Crippen MR) is 119 cm³/mol. The Morgan fingerprint density at radius 3 is 2.36 bits per heavy atom. The number of esters is 1. The molecule has 11 nitrogen and oxygen atoms in total. The predicted octanol–water partition coefficient (Wildman–Crippen LogP) is 2.99. The summed E-state index contributed by atoms with van der Waals surface area (Å²) < 4.78 is 12.0. The van der Waals surface area contributed by atoms with Crippen LogP contribution in [-0.2, 0) is 9.47 Å². The van der Waals surface area contributed by atoms with E-state index in [2.05, 4.69) is 14.7 Å². The quantitative estimate of drug-likeness (QED) is 0.389. The number of nitro benzene ring substituents is 1. The molecule has 4 rings (SSSR count). The van der Waals surface area contributed by atoms with Crippen LogP contribution in [0.5, 0.6) is 0 Å². The monoisotopic (exact) mass is 459 g/mol. The molecule has 0 N–H and O–H groups in total. The normalized spacial score (nSPS) is 21.5. The van der Waals surface area contributed by atoms with Crippen molar-refractivity contribution in [3.05, 3.63) is 34.0 Å². The smallest absolute Gasteiger partial charge is 0.410 e. The fourth-order valence-corrected chi connectivity index (χ4v) is 4.36. The fraction of sp³-hybridized carbons (Fsp3) is 0.591. The van der Waals surface area contributed by atoms with Crippen molar-refractivity contribution in [2.45, 2.75) is 51.3 Å². The van der Waals surface area contributed by atoms with Gasteiger partial charge in [-0.05, 0) is 39.7 Å². The zero-order chi connectivity index (χ0) is 23.9. The summed E-state index contributed by atoms with van der Waals surface area (Å²) in [7, 11) is 1.19. The zero-order valence-electron chi connectivity index (χ0n) is 19.3. The summed E-state index contributed by atoms with van der Waals surface area (Å²) in [6, 6.07) is 3.38. The first-order valence-electron chi connectivity index (χ1n) is 11.0. The van der Waals surface area contributed by atoms with E-state index < -0.39 is 16.5 Å². The van der Waals surface area contributed by atoms with Gasteiger partial charge in [-0.3, -0.25) is 19.7 Å². The summed E-state index contributed by atoms with van der Waals surface area (Å²) in [5, 5.41) is 16.6. The summed E-state index contributed by atoms with van der Waals surface area (Å²) in [6.45, 7) is 8.47. The molecule has 0 spiro atoms. The lowest BCUT2D eigenvalue weighted by Gasteiger charge is -2.46. The SMILES string of the molecule is COC(=O)c1cc2nn(C3CC(N4CCN(C(=O)OC(C)(C)C)CC4)C3)cc2cc1[N+](=O)[O-]. The van der Waals surface area contributed by atoms with Crippen LogP contribution in [0.25, 0.3) is 10.9 Å². The van der Waals surface area contributed by atoms with E-state index in [0.717, 1.165) is 25.9 Å². The van der Waals surface area contributed by atoms with Crippen molar-refractivity contribution in [3.8, 4) is 0 Å². The molecule has 0 radical (unpaired) electrons. The first kappa shape index (κ1) is 23.0. The number of amides is 1. The summed E-state index contributed by atoms with van der Waals surface area (Å²) >= 11 is 0. The van der Waals surface area contributed by atoms with E-state index in [0.29, 0.717) is 30.0 Å². The van der Waals surface area contributed by atoms with Gasteiger partial charge >= 0.3 is 12.1 Å². The molecular weight excluding hydrogens is 430 g/mol. The molecular formula is C22H29N5O6. The van der Waals surface area contributed by atoms with Gasteiger partial charge in [-0.25, -0.2) is 9.59 Å². The number of benzene rings is 1. The van der Waals surface area contributed by atoms with Gasteiger partial charge < -0.3 is 14.4 Å². The third-order valence-electron chi connectivity index (χ3n) is 6.19. The molecule has 1 saturated carbocycles. The van der Waals surface area contributed by atoms with Gasteiger partial charge in [0, 0.05) is 49.9 Å². The molecule has 2 aliphatic rings. The number of hydrogen-bond donors (Lipinski definition) is 0. The number of hydrogen-bond acceptors (Lipinski definition) is 8. The van der Waals surface area contributed by atoms with E-state index in [-0.39, 0.29) is 23.4 Å². The van der Waals surface area contributed by atoms with Crippen LogP contribution in [0.4, 0.5) is 10.5 Å². The first-order chi connectivity index (χ1) is 15.6. The van der Waals surface area contributed by atoms with E-state index in [4.69, 9.17) is 4.74 Å². The van der Waals surface area contributed by atoms with Gasteiger partial charge in [-0.1, -0.05) is 0 Å². The summed E-state index contributed by atoms with van der Waals surface area (Å²) in [5.74, 6) is -0.757. The van der Waals surface area contributed by atoms with Gasteiger partial charge in [0.15, 0.2) is 0 Å². The number of fused-ring (bicyclic) bond motifs is 1. The number of carbonyl (C=O) groups excluding carboxylic acids is 2. The number of piperazine rings is 1. The van der Waals surface area contributed by atoms with Crippen LogP contribution < -0.4 is 0 Å². The average molecular weight is 460 g/mol. The molecule has 2 aromatic rings. The highest BCUT2D eigenvalue weighted by molar-refractivity contribution is 5.99. The molecule has 11 heteroatoms. The fourth-order valence-electron chi connectivity index (χ4n) is 4.36. The van der Waals surface area contributed by atoms with Crippen LogP contribution in [0.3, 0.4) is 0 Å². The van der Waals surface area contributed by atoms with Crippen molar-refractivity contribution in [2.24, 2.45) is 0 Å². The maximum absolute atomic E-state index is 12.2. The molecule has 1 saturated heterocycles. The Labute approximate surface area is 191 Å². The molecule has 1 aliphatic heterocycles. The molecule has 2 heterocycles. The highest BCUT2D eigenvalue weighted by Crippen LogP contribution is 2.37. The maximum atomic E-state index is 12.2. The molecule has 0 atom stereocenters. The van der Waals surface area contributed by atoms with Gasteiger partial charge in [0.1, 0.15) is 11.2 Å². The Balaban J connectivity index is 1.37. The molecule has 33 heavy (non-hydrogen) atoms. The maximum Gasteiger partial charge on any atom is 0.410 e. The molecule has 1 aliphatic carbocycles. The molecule has 0 unspecified atom stereocenters. The molecule has 178 valence electrons. The highest BCUT2D eigenvalue weighted by Gasteiger charge is 2.38. The van der Waals surface area contributed by atoms with Crippen LogP contribution in [0, 0.1) is 10.1 Å². The number of methoxy groups -OCH3 is 1. The van der Waals surface area contributed by atoms with E-state index >= 15 is 0 Å². The van der Waals surface area contributed by atoms with Crippen molar-refractivity contribution in [3.63, 3.8) is 0 Å². The van der Waals surface area contributed by atoms with Gasteiger partial charge in [0.05, 0.1) is 23.6 Å². The minimum absolute atomic E-state index is 0.102. The Morgan fingerprint density at radius 1 is 1.12 bits per heavy atom. The van der Waals surface area contributed by atoms with E-state index in [1.807, 2.05) is 25.5 Å². The van der Waals surface area contributed by atoms with Crippen molar-refractivity contribution >= 4 is 28.7 Å². The summed E-state index contributed by atoms with van der Waals surface area (Å²) in [6.07, 6.45) is 3.35. The summed E-state index contributed by atoms with van der Waals surface area (Å²) in [5.41, 5.74) is -0.367. The molecule has 1 aromatic carbocycles. The van der Waals surface area contributed by atoms with E-state index in [1.54, 1.807) is 11.1 Å². The third kappa shape index (κ3) is 4.77. The second kappa shape index (κ2) is 8.62. The highest BCUT2D eigenvalue weighted by atomic mass is 16.6. The lowest BCUT2D eigenvalue weighted by Crippen LogP contribution is -2.55. The topological polar surface area (TPSA) is 120 Å². The number of ether oxygens (including phenoxy) is 2. The number of rotatable bonds is 4. The molecule has 1 aromatic heterocycles. The van der Waals surface area contributed by atoms with Gasteiger partial charge in [0.2, 0.25) is 0 Å². The van der Waals surface area contributed by atoms with E-state index in [9.17, 15) is 19.7 Å². The zero-order valence-corrected chi connectivity index (χ0v) is 19.3. The first-order valence-corrected chi connectivity index (χ1v) is 11.0. The van der Waals surface area contributed by atoms with E-state index in [1.165, 1.54) is 19.2 Å². The Bertz CT molecular complexity index is 1080. The third-order valence-corrected chi connectivity index (χ3v) is 6.19. The van der Waals surface area contributed by atoms with Crippen molar-refractivity contribution < 1.29 is 24.0 Å². The molecule has 1 amide bonds. The number of nitrogens with zero attached hydrogens (tertiary/aromatic N) is 5. The van der Waals surface area contributed by atoms with Crippen LogP contribution in [-0.4, -0.2) is 81.5 Å². The summed E-state index contributed by atoms with van der Waals surface area (Å²) in [4.78, 5) is 39.1. The Kier molecular flexibility index (Phi) is 6.00. The Morgan fingerprint density at radius 2 is 1.79 bits per heavy atom. The van der Waals surface area contributed by atoms with Gasteiger partial charge in [-0.2, -0.15) is 5.10 Å². The second-order valence-electron chi connectivity index (χ2n) is 9.57. The number of aromatic nitrogens is 2. The lowest BCUT2D eigenvalue weighted by atomic mass is 9.85. The van der Waals surface area contributed by atoms with Crippen molar-refractivity contribution in [2.75, 3.05) is 33.3 Å². The van der Waals surface area contributed by atoms with Crippen LogP contribution >= 0.6 is 0 Å². The second-order valence-corrected chi connectivity index (χ2v) is 9.57. The van der Waals surface area contributed by atoms with Crippen LogP contribution in [0.2, 0.25) is 0 Å². The largest absolute Gasteiger partial charge is 0.465 e. The molecule has 2 fully saturated rings.